The highest BCUT2D eigenvalue weighted by Gasteiger charge is 2.46. The molecule has 4 amide bonds. The van der Waals surface area contributed by atoms with E-state index in [0.29, 0.717) is 23.7 Å². The molecule has 0 bridgehead atoms. The number of para-hydroxylation sites is 1. The molecule has 0 unspecified atom stereocenters. The number of hydrogen-bond acceptors (Lipinski definition) is 5. The summed E-state index contributed by atoms with van der Waals surface area (Å²) in [5, 5.41) is 2.82. The lowest BCUT2D eigenvalue weighted by molar-refractivity contribution is -0.124. The first-order valence-corrected chi connectivity index (χ1v) is 11.9. The minimum Gasteiger partial charge on any atom is -0.497 e. The Hall–Kier alpha value is -4.33. The zero-order valence-electron chi connectivity index (χ0n) is 20.3. The van der Waals surface area contributed by atoms with Crippen molar-refractivity contribution in [2.24, 2.45) is 0 Å². The van der Waals surface area contributed by atoms with Gasteiger partial charge in [-0.1, -0.05) is 37.3 Å². The molecule has 0 aliphatic carbocycles. The number of amides is 4. The van der Waals surface area contributed by atoms with Crippen LogP contribution in [0.5, 0.6) is 11.5 Å². The summed E-state index contributed by atoms with van der Waals surface area (Å²) in [5.74, 6) is 0.557. The molecule has 4 rings (SSSR count). The lowest BCUT2D eigenvalue weighted by atomic mass is 10.1. The molecule has 3 aromatic rings. The Balaban J connectivity index is 1.53. The maximum absolute atomic E-state index is 13.4. The van der Waals surface area contributed by atoms with E-state index in [2.05, 4.69) is 5.32 Å². The number of methoxy groups -OCH3 is 1. The van der Waals surface area contributed by atoms with E-state index in [-0.39, 0.29) is 18.9 Å². The molecule has 0 radical (unpaired) electrons. The zero-order valence-corrected chi connectivity index (χ0v) is 20.3. The largest absolute Gasteiger partial charge is 0.497 e. The van der Waals surface area contributed by atoms with E-state index in [1.807, 2.05) is 31.2 Å². The van der Waals surface area contributed by atoms with Crippen LogP contribution in [0.25, 0.3) is 0 Å². The predicted octanol–water partition coefficient (Wildman–Crippen LogP) is 4.85. The third kappa shape index (κ3) is 5.66. The second-order valence-corrected chi connectivity index (χ2v) is 8.41. The fourth-order valence-corrected chi connectivity index (χ4v) is 4.04. The first-order chi connectivity index (χ1) is 17.5. The molecule has 3 aromatic carbocycles. The molecule has 1 aliphatic rings. The molecule has 1 N–H and O–H groups in total. The number of rotatable bonds is 10. The van der Waals surface area contributed by atoms with Crippen molar-refractivity contribution in [1.29, 1.82) is 0 Å². The van der Waals surface area contributed by atoms with E-state index in [4.69, 9.17) is 9.47 Å². The van der Waals surface area contributed by atoms with Crippen molar-refractivity contribution in [3.05, 3.63) is 84.4 Å². The number of imide groups is 1. The molecular weight excluding hydrogens is 458 g/mol. The van der Waals surface area contributed by atoms with Crippen molar-refractivity contribution in [2.45, 2.75) is 32.4 Å². The Kier molecular flexibility index (Phi) is 7.85. The number of nitrogens with zero attached hydrogens (tertiary/aromatic N) is 2. The summed E-state index contributed by atoms with van der Waals surface area (Å²) in [4.78, 5) is 42.3. The Morgan fingerprint density at radius 2 is 1.69 bits per heavy atom. The lowest BCUT2D eigenvalue weighted by Gasteiger charge is -2.22. The van der Waals surface area contributed by atoms with Crippen LogP contribution in [0.15, 0.2) is 78.9 Å². The van der Waals surface area contributed by atoms with E-state index < -0.39 is 18.0 Å². The number of anilines is 2. The van der Waals surface area contributed by atoms with Gasteiger partial charge in [0, 0.05) is 12.2 Å². The maximum atomic E-state index is 13.4. The molecule has 1 fully saturated rings. The summed E-state index contributed by atoms with van der Waals surface area (Å²) in [6.45, 7) is 2.80. The quantitative estimate of drug-likeness (QED) is 0.413. The normalized spacial score (nSPS) is 15.2. The molecule has 1 atom stereocenters. The molecule has 0 saturated carbocycles. The molecule has 8 heteroatoms. The van der Waals surface area contributed by atoms with Gasteiger partial charge in [0.1, 0.15) is 17.5 Å². The Morgan fingerprint density at radius 1 is 0.944 bits per heavy atom. The highest BCUT2D eigenvalue weighted by atomic mass is 16.5. The molecule has 8 nitrogen and oxygen atoms in total. The maximum Gasteiger partial charge on any atom is 0.332 e. The van der Waals surface area contributed by atoms with Gasteiger partial charge < -0.3 is 19.7 Å². The van der Waals surface area contributed by atoms with Gasteiger partial charge in [-0.25, -0.2) is 9.69 Å². The highest BCUT2D eigenvalue weighted by Crippen LogP contribution is 2.29. The van der Waals surface area contributed by atoms with Gasteiger partial charge in [-0.15, -0.1) is 0 Å². The Labute approximate surface area is 210 Å². The van der Waals surface area contributed by atoms with Gasteiger partial charge in [0.25, 0.3) is 5.91 Å². The summed E-state index contributed by atoms with van der Waals surface area (Å²) in [6, 6.07) is 21.6. The summed E-state index contributed by atoms with van der Waals surface area (Å²) in [7, 11) is 1.57. The summed E-state index contributed by atoms with van der Waals surface area (Å²) in [5.41, 5.74) is 1.84. The summed E-state index contributed by atoms with van der Waals surface area (Å²) >= 11 is 0. The predicted molar refractivity (Wildman–Crippen MR) is 137 cm³/mol. The van der Waals surface area contributed by atoms with E-state index in [1.54, 1.807) is 61.7 Å². The molecule has 36 heavy (non-hydrogen) atoms. The third-order valence-electron chi connectivity index (χ3n) is 5.81. The van der Waals surface area contributed by atoms with Crippen LogP contribution in [0, 0.1) is 0 Å². The van der Waals surface area contributed by atoms with Crippen molar-refractivity contribution in [2.75, 3.05) is 23.9 Å². The van der Waals surface area contributed by atoms with Crippen molar-refractivity contribution in [1.82, 2.24) is 4.90 Å². The van der Waals surface area contributed by atoms with Crippen molar-refractivity contribution >= 4 is 29.2 Å². The van der Waals surface area contributed by atoms with Gasteiger partial charge in [0.15, 0.2) is 0 Å². The number of carbonyl (C=O) groups excluding carboxylic acids is 3. The van der Waals surface area contributed by atoms with Gasteiger partial charge in [-0.3, -0.25) is 9.59 Å². The number of hydrogen-bond donors (Lipinski definition) is 1. The van der Waals surface area contributed by atoms with Crippen LogP contribution in [0.1, 0.15) is 25.3 Å². The standard InChI is InChI=1S/C28H29N3O5/c1-3-16-36-23-14-12-21(13-15-23)29-26(32)18-25-27(33)31(22-9-5-4-6-10-22)28(34)30(25)19-20-8-7-11-24(17-20)35-2/h4-15,17,25H,3,16,18-19H2,1-2H3,(H,29,32)/t25-/m0/s1. The first kappa shape index (κ1) is 24.8. The van der Waals surface area contributed by atoms with Crippen LogP contribution in [-0.4, -0.2) is 42.5 Å². The molecule has 186 valence electrons. The molecule has 0 aromatic heterocycles. The summed E-state index contributed by atoms with van der Waals surface area (Å²) < 4.78 is 10.9. The van der Waals surface area contributed by atoms with Crippen LogP contribution in [0.2, 0.25) is 0 Å². The minimum absolute atomic E-state index is 0.159. The fourth-order valence-electron chi connectivity index (χ4n) is 4.04. The van der Waals surface area contributed by atoms with Gasteiger partial charge in [-0.2, -0.15) is 0 Å². The van der Waals surface area contributed by atoms with Gasteiger partial charge in [0.05, 0.1) is 25.8 Å². The third-order valence-corrected chi connectivity index (χ3v) is 5.81. The topological polar surface area (TPSA) is 88.2 Å². The van der Waals surface area contributed by atoms with Crippen LogP contribution in [0.4, 0.5) is 16.2 Å². The van der Waals surface area contributed by atoms with Crippen LogP contribution < -0.4 is 19.7 Å². The van der Waals surface area contributed by atoms with Gasteiger partial charge >= 0.3 is 6.03 Å². The van der Waals surface area contributed by atoms with Gasteiger partial charge in [0.2, 0.25) is 5.91 Å². The number of carbonyl (C=O) groups is 3. The molecule has 1 aliphatic heterocycles. The van der Waals surface area contributed by atoms with Gasteiger partial charge in [-0.05, 0) is 60.5 Å². The fraction of sp³-hybridized carbons (Fsp3) is 0.250. The molecule has 1 saturated heterocycles. The minimum atomic E-state index is -0.948. The van der Waals surface area contributed by atoms with E-state index in [1.165, 1.54) is 4.90 Å². The highest BCUT2D eigenvalue weighted by molar-refractivity contribution is 6.22. The van der Waals surface area contributed by atoms with Crippen molar-refractivity contribution in [3.63, 3.8) is 0 Å². The molecular formula is C28H29N3O5. The second-order valence-electron chi connectivity index (χ2n) is 8.41. The Bertz CT molecular complexity index is 1210. The average Bonchev–Trinajstić information content (AvgIpc) is 3.12. The number of nitrogens with one attached hydrogen (secondary N) is 1. The van der Waals surface area contributed by atoms with Crippen molar-refractivity contribution < 1.29 is 23.9 Å². The molecule has 1 heterocycles. The van der Waals surface area contributed by atoms with Crippen LogP contribution in [0.3, 0.4) is 0 Å². The average molecular weight is 488 g/mol. The first-order valence-electron chi connectivity index (χ1n) is 11.9. The summed E-state index contributed by atoms with van der Waals surface area (Å²) in [6.07, 6.45) is 0.727. The van der Waals surface area contributed by atoms with Crippen LogP contribution in [-0.2, 0) is 16.1 Å². The Morgan fingerprint density at radius 3 is 2.39 bits per heavy atom. The van der Waals surface area contributed by atoms with Crippen molar-refractivity contribution in [3.8, 4) is 11.5 Å². The van der Waals surface area contributed by atoms with E-state index in [9.17, 15) is 14.4 Å². The number of benzene rings is 3. The zero-order chi connectivity index (χ0) is 25.5. The second kappa shape index (κ2) is 11.4. The van der Waals surface area contributed by atoms with E-state index >= 15 is 0 Å². The SMILES string of the molecule is CCCOc1ccc(NC(=O)C[C@H]2C(=O)N(c3ccccc3)C(=O)N2Cc2cccc(OC)c2)cc1. The lowest BCUT2D eigenvalue weighted by Crippen LogP contribution is -2.37. The number of ether oxygens (including phenoxy) is 2. The van der Waals surface area contributed by atoms with E-state index in [0.717, 1.165) is 22.6 Å². The smallest absolute Gasteiger partial charge is 0.332 e. The number of urea groups is 1. The molecule has 0 spiro atoms. The van der Waals surface area contributed by atoms with Crippen LogP contribution >= 0.6 is 0 Å². The monoisotopic (exact) mass is 487 g/mol.